The van der Waals surface area contributed by atoms with Crippen LogP contribution in [0.3, 0.4) is 0 Å². The molecule has 1 saturated carbocycles. The molecule has 1 heteroatoms. The molecule has 25 heavy (non-hydrogen) atoms. The van der Waals surface area contributed by atoms with Crippen molar-refractivity contribution in [3.05, 3.63) is 97.1 Å². The average Bonchev–Trinajstić information content (AvgIpc) is 3.38. The normalized spacial score (nSPS) is 16.3. The molecule has 4 aromatic carbocycles. The van der Waals surface area contributed by atoms with Gasteiger partial charge in [0.1, 0.15) is 0 Å². The van der Waals surface area contributed by atoms with Crippen molar-refractivity contribution in [1.29, 1.82) is 0 Å². The number of hydrogen-bond donors (Lipinski definition) is 0. The zero-order valence-corrected chi connectivity index (χ0v) is 14.2. The molecule has 4 aromatic rings. The largest absolute Gasteiger partial charge is 0.218 e. The van der Waals surface area contributed by atoms with Gasteiger partial charge in [0.05, 0.1) is 0 Å². The van der Waals surface area contributed by atoms with Crippen LogP contribution in [0.4, 0.5) is 0 Å². The molecule has 0 radical (unpaired) electrons. The van der Waals surface area contributed by atoms with Gasteiger partial charge < -0.3 is 0 Å². The van der Waals surface area contributed by atoms with Gasteiger partial charge in [0.15, 0.2) is 0 Å². The van der Waals surface area contributed by atoms with Gasteiger partial charge in [-0.15, -0.1) is 6.58 Å². The minimum absolute atomic E-state index is 0.379. The van der Waals surface area contributed by atoms with Crippen molar-refractivity contribution in [3.8, 4) is 0 Å². The Morgan fingerprint density at radius 1 is 0.640 bits per heavy atom. The standard InChI is InChI=1S/C24H19B/c1-17-16-24(17)25(22-14-6-10-18-8-2-4-12-20(18)22)23-15-7-11-19-9-3-5-13-21(19)23/h2-15,24H,1,16H2. The highest BCUT2D eigenvalue weighted by molar-refractivity contribution is 6.90. The summed E-state index contributed by atoms with van der Waals surface area (Å²) in [6.07, 6.45) is 1.14. The van der Waals surface area contributed by atoms with E-state index in [2.05, 4.69) is 91.5 Å². The molecule has 0 nitrogen and oxygen atoms in total. The fourth-order valence-corrected chi connectivity index (χ4v) is 4.22. The first-order chi connectivity index (χ1) is 12.3. The number of fused-ring (bicyclic) bond motifs is 2. The molecule has 0 aliphatic heterocycles. The quantitative estimate of drug-likeness (QED) is 0.371. The van der Waals surface area contributed by atoms with Crippen molar-refractivity contribution in [1.82, 2.24) is 0 Å². The van der Waals surface area contributed by atoms with Crippen molar-refractivity contribution >= 4 is 39.2 Å². The first kappa shape index (κ1) is 14.5. The van der Waals surface area contributed by atoms with Crippen molar-refractivity contribution in [3.63, 3.8) is 0 Å². The van der Waals surface area contributed by atoms with Crippen LogP contribution in [0.5, 0.6) is 0 Å². The molecule has 1 aliphatic carbocycles. The number of allylic oxidation sites excluding steroid dienone is 1. The SMILES string of the molecule is C=C1CC1B(c1cccc2ccccc12)c1cccc2ccccc12. The molecule has 1 unspecified atom stereocenters. The molecule has 1 aliphatic rings. The molecule has 5 rings (SSSR count). The molecule has 0 spiro atoms. The summed E-state index contributed by atoms with van der Waals surface area (Å²) in [6, 6.07) is 30.9. The summed E-state index contributed by atoms with van der Waals surface area (Å²) in [6.45, 7) is 4.66. The van der Waals surface area contributed by atoms with E-state index in [0.717, 1.165) is 6.42 Å². The smallest absolute Gasteiger partial charge is 0.100 e. The van der Waals surface area contributed by atoms with Crippen LogP contribution in [0.1, 0.15) is 6.42 Å². The Kier molecular flexibility index (Phi) is 3.28. The summed E-state index contributed by atoms with van der Waals surface area (Å²) in [5.41, 5.74) is 4.24. The Morgan fingerprint density at radius 2 is 1.08 bits per heavy atom. The zero-order valence-electron chi connectivity index (χ0n) is 14.2. The van der Waals surface area contributed by atoms with E-state index >= 15 is 0 Å². The van der Waals surface area contributed by atoms with Crippen LogP contribution < -0.4 is 10.9 Å². The lowest BCUT2D eigenvalue weighted by Crippen LogP contribution is -2.43. The van der Waals surface area contributed by atoms with Gasteiger partial charge >= 0.3 is 0 Å². The maximum absolute atomic E-state index is 4.28. The minimum Gasteiger partial charge on any atom is -0.100 e. The second kappa shape index (κ2) is 5.63. The molecule has 0 saturated heterocycles. The lowest BCUT2D eigenvalue weighted by molar-refractivity contribution is 1.44. The fourth-order valence-electron chi connectivity index (χ4n) is 4.22. The van der Waals surface area contributed by atoms with E-state index in [9.17, 15) is 0 Å². The average molecular weight is 318 g/mol. The van der Waals surface area contributed by atoms with E-state index in [1.165, 1.54) is 38.0 Å². The van der Waals surface area contributed by atoms with Crippen molar-refractivity contribution in [2.45, 2.75) is 12.2 Å². The molecule has 1 atom stereocenters. The highest BCUT2D eigenvalue weighted by atomic mass is 14.3. The Bertz CT molecular complexity index is 1020. The third-order valence-electron chi connectivity index (χ3n) is 5.57. The summed E-state index contributed by atoms with van der Waals surface area (Å²) in [4.78, 5) is 0. The highest BCUT2D eigenvalue weighted by Gasteiger charge is 2.41. The molecular formula is C24H19B. The lowest BCUT2D eigenvalue weighted by atomic mass is 9.36. The zero-order chi connectivity index (χ0) is 16.8. The van der Waals surface area contributed by atoms with Gasteiger partial charge in [-0.05, 0) is 33.8 Å². The number of hydrogen-bond acceptors (Lipinski definition) is 0. The monoisotopic (exact) mass is 318 g/mol. The fraction of sp³-hybridized carbons (Fsp3) is 0.0833. The van der Waals surface area contributed by atoms with Crippen molar-refractivity contribution in [2.24, 2.45) is 0 Å². The molecule has 118 valence electrons. The van der Waals surface area contributed by atoms with Gasteiger partial charge in [-0.25, -0.2) is 0 Å². The van der Waals surface area contributed by atoms with E-state index in [4.69, 9.17) is 0 Å². The van der Waals surface area contributed by atoms with Gasteiger partial charge in [0, 0.05) is 0 Å². The van der Waals surface area contributed by atoms with Gasteiger partial charge in [-0.3, -0.25) is 0 Å². The van der Waals surface area contributed by atoms with Gasteiger partial charge in [-0.2, -0.15) is 0 Å². The summed E-state index contributed by atoms with van der Waals surface area (Å²) in [7, 11) is 0. The van der Waals surface area contributed by atoms with Gasteiger partial charge in [0.25, 0.3) is 0 Å². The van der Waals surface area contributed by atoms with Crippen LogP contribution in [-0.2, 0) is 0 Å². The predicted molar refractivity (Wildman–Crippen MR) is 110 cm³/mol. The van der Waals surface area contributed by atoms with Crippen LogP contribution in [0.25, 0.3) is 21.5 Å². The summed E-state index contributed by atoms with van der Waals surface area (Å²) >= 11 is 0. The van der Waals surface area contributed by atoms with E-state index < -0.39 is 0 Å². The Morgan fingerprint density at radius 3 is 1.56 bits per heavy atom. The van der Waals surface area contributed by atoms with Crippen LogP contribution in [0, 0.1) is 0 Å². The third kappa shape index (κ3) is 2.39. The Hall–Kier alpha value is -2.80. The third-order valence-corrected chi connectivity index (χ3v) is 5.57. The molecule has 0 N–H and O–H groups in total. The van der Waals surface area contributed by atoms with Crippen LogP contribution in [0.15, 0.2) is 97.1 Å². The molecule has 0 amide bonds. The first-order valence-electron chi connectivity index (χ1n) is 8.96. The van der Waals surface area contributed by atoms with Crippen LogP contribution in [0.2, 0.25) is 5.82 Å². The first-order valence-corrected chi connectivity index (χ1v) is 8.96. The molecule has 0 bridgehead atoms. The Balaban J connectivity index is 1.80. The maximum atomic E-state index is 4.28. The number of benzene rings is 4. The van der Waals surface area contributed by atoms with E-state index in [1.54, 1.807) is 0 Å². The second-order valence-electron chi connectivity index (χ2n) is 7.08. The second-order valence-corrected chi connectivity index (χ2v) is 7.08. The highest BCUT2D eigenvalue weighted by Crippen LogP contribution is 2.45. The topological polar surface area (TPSA) is 0 Å². The summed E-state index contributed by atoms with van der Waals surface area (Å²) in [5, 5.41) is 5.36. The van der Waals surface area contributed by atoms with Crippen molar-refractivity contribution in [2.75, 3.05) is 0 Å². The predicted octanol–water partition coefficient (Wildman–Crippen LogP) is 4.93. The van der Waals surface area contributed by atoms with E-state index in [0.29, 0.717) is 12.5 Å². The molecular weight excluding hydrogens is 299 g/mol. The number of rotatable bonds is 3. The maximum Gasteiger partial charge on any atom is 0.218 e. The van der Waals surface area contributed by atoms with Crippen LogP contribution >= 0.6 is 0 Å². The lowest BCUT2D eigenvalue weighted by Gasteiger charge is -2.18. The summed E-state index contributed by atoms with van der Waals surface area (Å²) in [5.74, 6) is 0.552. The van der Waals surface area contributed by atoms with Crippen LogP contribution in [-0.4, -0.2) is 6.71 Å². The van der Waals surface area contributed by atoms with Gasteiger partial charge in [-0.1, -0.05) is 101 Å². The van der Waals surface area contributed by atoms with E-state index in [1.807, 2.05) is 0 Å². The van der Waals surface area contributed by atoms with Crippen molar-refractivity contribution < 1.29 is 0 Å². The Labute approximate surface area is 148 Å². The molecule has 0 heterocycles. The summed E-state index contributed by atoms with van der Waals surface area (Å²) < 4.78 is 0. The molecule has 1 fully saturated rings. The van der Waals surface area contributed by atoms with E-state index in [-0.39, 0.29) is 0 Å². The minimum atomic E-state index is 0.379. The van der Waals surface area contributed by atoms with Gasteiger partial charge in [0.2, 0.25) is 6.71 Å². The molecule has 0 aromatic heterocycles.